The van der Waals surface area contributed by atoms with Gasteiger partial charge in [0.05, 0.1) is 21.4 Å². The zero-order chi connectivity index (χ0) is 14.6. The minimum Gasteiger partial charge on any atom is -0.481 e. The van der Waals surface area contributed by atoms with Crippen LogP contribution in [0.15, 0.2) is 16.6 Å². The number of nitro groups is 1. The molecule has 104 valence electrons. The third-order valence-corrected chi connectivity index (χ3v) is 3.16. The molecule has 0 fully saturated rings. The smallest absolute Gasteiger partial charge is 0.306 e. The minimum atomic E-state index is -0.934. The van der Waals surface area contributed by atoms with Gasteiger partial charge in [-0.3, -0.25) is 14.9 Å². The average molecular weight is 335 g/mol. The van der Waals surface area contributed by atoms with Crippen LogP contribution >= 0.6 is 15.9 Å². The number of nitrogens with one attached hydrogen (secondary N) is 1. The first kappa shape index (κ1) is 15.4. The summed E-state index contributed by atoms with van der Waals surface area (Å²) in [5, 5.41) is 22.2. The van der Waals surface area contributed by atoms with Crippen molar-refractivity contribution in [2.24, 2.45) is 5.92 Å². The second-order valence-corrected chi connectivity index (χ2v) is 4.85. The molecule has 0 spiro atoms. The second-order valence-electron chi connectivity index (χ2n) is 4.00. The molecule has 1 unspecified atom stereocenters. The predicted octanol–water partition coefficient (Wildman–Crippen LogP) is 3.02. The van der Waals surface area contributed by atoms with Crippen LogP contribution in [0.2, 0.25) is 0 Å². The van der Waals surface area contributed by atoms with E-state index in [2.05, 4.69) is 21.2 Å². The molecule has 8 heteroatoms. The lowest BCUT2D eigenvalue weighted by Crippen LogP contribution is -2.15. The molecule has 0 aliphatic rings. The van der Waals surface area contributed by atoms with Crippen molar-refractivity contribution < 1.29 is 19.2 Å². The molecule has 0 saturated heterocycles. The summed E-state index contributed by atoms with van der Waals surface area (Å²) in [5.74, 6) is -2.22. The number of carboxylic acid groups (broad SMARTS) is 1. The SMILES string of the molecule is CC(CCNc1cc(Br)c(F)cc1[N+](=O)[O-])C(=O)O. The van der Waals surface area contributed by atoms with Crippen molar-refractivity contribution in [3.8, 4) is 0 Å². The molecule has 0 aliphatic heterocycles. The average Bonchev–Trinajstić information content (AvgIpc) is 2.32. The molecule has 1 aromatic carbocycles. The highest BCUT2D eigenvalue weighted by atomic mass is 79.9. The molecule has 0 aliphatic carbocycles. The highest BCUT2D eigenvalue weighted by Gasteiger charge is 2.18. The Morgan fingerprint density at radius 2 is 2.26 bits per heavy atom. The first-order chi connectivity index (χ1) is 8.82. The molecule has 0 saturated carbocycles. The van der Waals surface area contributed by atoms with Gasteiger partial charge in [-0.1, -0.05) is 6.92 Å². The van der Waals surface area contributed by atoms with Crippen molar-refractivity contribution in [3.63, 3.8) is 0 Å². The summed E-state index contributed by atoms with van der Waals surface area (Å²) in [6.07, 6.45) is 0.307. The Balaban J connectivity index is 2.80. The maximum absolute atomic E-state index is 13.2. The Hall–Kier alpha value is -1.70. The van der Waals surface area contributed by atoms with E-state index in [0.29, 0.717) is 6.42 Å². The molecular formula is C11H12BrFN2O4. The van der Waals surface area contributed by atoms with Gasteiger partial charge in [-0.05, 0) is 28.4 Å². The van der Waals surface area contributed by atoms with Crippen LogP contribution in [0.4, 0.5) is 15.8 Å². The number of nitro benzene ring substituents is 1. The van der Waals surface area contributed by atoms with Gasteiger partial charge in [0.25, 0.3) is 5.69 Å². The first-order valence-corrected chi connectivity index (χ1v) is 6.22. The number of anilines is 1. The van der Waals surface area contributed by atoms with Crippen molar-refractivity contribution in [2.75, 3.05) is 11.9 Å². The number of halogens is 2. The highest BCUT2D eigenvalue weighted by Crippen LogP contribution is 2.30. The Kier molecular flexibility index (Phi) is 5.22. The maximum Gasteiger partial charge on any atom is 0.306 e. The number of rotatable bonds is 6. The Bertz CT molecular complexity index is 510. The summed E-state index contributed by atoms with van der Waals surface area (Å²) in [5.41, 5.74) is -0.237. The molecule has 2 N–H and O–H groups in total. The lowest BCUT2D eigenvalue weighted by Gasteiger charge is -2.10. The van der Waals surface area contributed by atoms with Gasteiger partial charge in [0.15, 0.2) is 0 Å². The van der Waals surface area contributed by atoms with Gasteiger partial charge in [0.2, 0.25) is 0 Å². The molecule has 19 heavy (non-hydrogen) atoms. The summed E-state index contributed by atoms with van der Waals surface area (Å²) in [7, 11) is 0. The van der Waals surface area contributed by atoms with Gasteiger partial charge in [0.1, 0.15) is 11.5 Å². The molecule has 0 amide bonds. The van der Waals surface area contributed by atoms with Crippen molar-refractivity contribution in [1.29, 1.82) is 0 Å². The molecule has 0 heterocycles. The van der Waals surface area contributed by atoms with Crippen molar-refractivity contribution >= 4 is 33.3 Å². The monoisotopic (exact) mass is 334 g/mol. The van der Waals surface area contributed by atoms with Crippen LogP contribution in [0, 0.1) is 21.8 Å². The predicted molar refractivity (Wildman–Crippen MR) is 70.7 cm³/mol. The molecule has 0 radical (unpaired) electrons. The number of aliphatic carboxylic acids is 1. The van der Waals surface area contributed by atoms with Gasteiger partial charge in [0, 0.05) is 6.54 Å². The van der Waals surface area contributed by atoms with Crippen LogP contribution in [-0.2, 0) is 4.79 Å². The zero-order valence-corrected chi connectivity index (χ0v) is 11.6. The third kappa shape index (κ3) is 4.16. The van der Waals surface area contributed by atoms with E-state index in [0.717, 1.165) is 6.07 Å². The normalized spacial score (nSPS) is 11.9. The highest BCUT2D eigenvalue weighted by molar-refractivity contribution is 9.10. The summed E-state index contributed by atoms with van der Waals surface area (Å²) >= 11 is 2.94. The standard InChI is InChI=1S/C11H12BrFN2O4/c1-6(11(16)17)2-3-14-9-4-7(12)8(13)5-10(9)15(18)19/h4-6,14H,2-3H2,1H3,(H,16,17). The largest absolute Gasteiger partial charge is 0.481 e. The van der Waals surface area contributed by atoms with E-state index in [4.69, 9.17) is 5.11 Å². The van der Waals surface area contributed by atoms with E-state index in [-0.39, 0.29) is 22.4 Å². The molecule has 1 rings (SSSR count). The van der Waals surface area contributed by atoms with Crippen LogP contribution in [0.25, 0.3) is 0 Å². The van der Waals surface area contributed by atoms with Crippen molar-refractivity contribution in [2.45, 2.75) is 13.3 Å². The Morgan fingerprint density at radius 3 is 2.79 bits per heavy atom. The summed E-state index contributed by atoms with van der Waals surface area (Å²) in [6, 6.07) is 2.08. The Labute approximate surface area is 116 Å². The van der Waals surface area contributed by atoms with E-state index in [1.165, 1.54) is 6.07 Å². The van der Waals surface area contributed by atoms with Crippen LogP contribution in [-0.4, -0.2) is 22.5 Å². The van der Waals surface area contributed by atoms with E-state index < -0.39 is 22.6 Å². The number of nitrogens with zero attached hydrogens (tertiary/aromatic N) is 1. The topological polar surface area (TPSA) is 92.5 Å². The van der Waals surface area contributed by atoms with Crippen molar-refractivity contribution in [3.05, 3.63) is 32.5 Å². The quantitative estimate of drug-likeness (QED) is 0.616. The lowest BCUT2D eigenvalue weighted by atomic mass is 10.1. The first-order valence-electron chi connectivity index (χ1n) is 5.43. The van der Waals surface area contributed by atoms with E-state index >= 15 is 0 Å². The Morgan fingerprint density at radius 1 is 1.63 bits per heavy atom. The van der Waals surface area contributed by atoms with Gasteiger partial charge < -0.3 is 10.4 Å². The van der Waals surface area contributed by atoms with Gasteiger partial charge in [-0.2, -0.15) is 0 Å². The number of hydrogen-bond donors (Lipinski definition) is 2. The van der Waals surface area contributed by atoms with E-state index in [1.807, 2.05) is 0 Å². The molecule has 6 nitrogen and oxygen atoms in total. The fourth-order valence-electron chi connectivity index (χ4n) is 1.38. The van der Waals surface area contributed by atoms with Crippen molar-refractivity contribution in [1.82, 2.24) is 0 Å². The zero-order valence-electron chi connectivity index (χ0n) is 10.0. The van der Waals surface area contributed by atoms with Crippen LogP contribution in [0.3, 0.4) is 0 Å². The molecular weight excluding hydrogens is 323 g/mol. The van der Waals surface area contributed by atoms with Crippen LogP contribution in [0.1, 0.15) is 13.3 Å². The van der Waals surface area contributed by atoms with Gasteiger partial charge in [-0.15, -0.1) is 0 Å². The summed E-state index contributed by atoms with van der Waals surface area (Å²) < 4.78 is 13.3. The lowest BCUT2D eigenvalue weighted by molar-refractivity contribution is -0.384. The van der Waals surface area contributed by atoms with Gasteiger partial charge >= 0.3 is 5.97 Å². The molecule has 1 aromatic rings. The van der Waals surface area contributed by atoms with Crippen LogP contribution in [0.5, 0.6) is 0 Å². The fraction of sp³-hybridized carbons (Fsp3) is 0.364. The summed E-state index contributed by atoms with van der Waals surface area (Å²) in [4.78, 5) is 20.7. The molecule has 1 atom stereocenters. The maximum atomic E-state index is 13.2. The summed E-state index contributed by atoms with van der Waals surface area (Å²) in [6.45, 7) is 1.78. The minimum absolute atomic E-state index is 0.104. The van der Waals surface area contributed by atoms with E-state index in [9.17, 15) is 19.3 Å². The van der Waals surface area contributed by atoms with Crippen LogP contribution < -0.4 is 5.32 Å². The second kappa shape index (κ2) is 6.46. The number of benzene rings is 1. The third-order valence-electron chi connectivity index (χ3n) is 2.55. The number of carboxylic acids is 1. The van der Waals surface area contributed by atoms with Gasteiger partial charge in [-0.25, -0.2) is 4.39 Å². The molecule has 0 bridgehead atoms. The molecule has 0 aromatic heterocycles. The fourth-order valence-corrected chi connectivity index (χ4v) is 1.72. The number of carbonyl (C=O) groups is 1. The van der Waals surface area contributed by atoms with E-state index in [1.54, 1.807) is 6.92 Å². The number of hydrogen-bond acceptors (Lipinski definition) is 4.